The third-order valence-electron chi connectivity index (χ3n) is 5.51. The van der Waals surface area contributed by atoms with Gasteiger partial charge in [-0.1, -0.05) is 29.8 Å². The van der Waals surface area contributed by atoms with Crippen LogP contribution in [0.2, 0.25) is 0 Å². The number of aromatic nitrogens is 1. The number of nitrogens with zero attached hydrogens (tertiary/aromatic N) is 1. The molecule has 5 nitrogen and oxygen atoms in total. The van der Waals surface area contributed by atoms with Gasteiger partial charge in [0.15, 0.2) is 5.11 Å². The lowest BCUT2D eigenvalue weighted by Crippen LogP contribution is -2.35. The van der Waals surface area contributed by atoms with Crippen LogP contribution in [-0.2, 0) is 13.1 Å². The van der Waals surface area contributed by atoms with Gasteiger partial charge in [0.25, 0.3) is 5.56 Å². The van der Waals surface area contributed by atoms with E-state index >= 15 is 0 Å². The van der Waals surface area contributed by atoms with E-state index in [0.29, 0.717) is 23.8 Å². The highest BCUT2D eigenvalue weighted by Gasteiger charge is 2.16. The maximum Gasteiger partial charge on any atom is 0.253 e. The lowest BCUT2D eigenvalue weighted by atomic mass is 10.0. The molecule has 6 heteroatoms. The number of benzene rings is 2. The Morgan fingerprint density at radius 3 is 2.55 bits per heavy atom. The van der Waals surface area contributed by atoms with Gasteiger partial charge in [-0.2, -0.15) is 0 Å². The molecule has 2 N–H and O–H groups in total. The van der Waals surface area contributed by atoms with E-state index in [4.69, 9.17) is 16.6 Å². The van der Waals surface area contributed by atoms with Gasteiger partial charge in [-0.3, -0.25) is 4.79 Å². The topological polar surface area (TPSA) is 61.3 Å². The van der Waals surface area contributed by atoms with Crippen LogP contribution in [0.1, 0.15) is 28.0 Å². The number of rotatable bonds is 5. The summed E-state index contributed by atoms with van der Waals surface area (Å²) in [7, 11) is 0. The zero-order chi connectivity index (χ0) is 22.0. The number of nitrogens with one attached hydrogen (secondary N) is 2. The summed E-state index contributed by atoms with van der Waals surface area (Å²) in [6.45, 7) is 6.92. The van der Waals surface area contributed by atoms with Crippen molar-refractivity contribution in [3.63, 3.8) is 0 Å². The molecule has 0 aliphatic heterocycles. The molecule has 31 heavy (non-hydrogen) atoms. The number of anilines is 1. The number of aromatic amines is 1. The minimum absolute atomic E-state index is 0.108. The predicted molar refractivity (Wildman–Crippen MR) is 129 cm³/mol. The van der Waals surface area contributed by atoms with Crippen molar-refractivity contribution >= 4 is 33.9 Å². The van der Waals surface area contributed by atoms with E-state index in [0.717, 1.165) is 33.5 Å². The second kappa shape index (κ2) is 8.78. The fourth-order valence-corrected chi connectivity index (χ4v) is 3.77. The Bertz CT molecular complexity index is 1270. The number of furan rings is 1. The second-order valence-corrected chi connectivity index (χ2v) is 8.21. The molecule has 0 aliphatic carbocycles. The summed E-state index contributed by atoms with van der Waals surface area (Å²) >= 11 is 5.70. The molecule has 0 aliphatic rings. The zero-order valence-corrected chi connectivity index (χ0v) is 18.7. The van der Waals surface area contributed by atoms with E-state index in [9.17, 15) is 4.79 Å². The smallest absolute Gasteiger partial charge is 0.253 e. The highest BCUT2D eigenvalue weighted by molar-refractivity contribution is 7.80. The largest absolute Gasteiger partial charge is 0.467 e. The lowest BCUT2D eigenvalue weighted by molar-refractivity contribution is 0.359. The zero-order valence-electron chi connectivity index (χ0n) is 17.9. The minimum Gasteiger partial charge on any atom is -0.467 e. The number of hydrogen-bond donors (Lipinski definition) is 2. The molecule has 0 saturated carbocycles. The fraction of sp³-hybridized carbons (Fsp3) is 0.200. The summed E-state index contributed by atoms with van der Waals surface area (Å²) in [5.74, 6) is 0.775. The van der Waals surface area contributed by atoms with Crippen LogP contribution in [0.5, 0.6) is 0 Å². The van der Waals surface area contributed by atoms with Crippen molar-refractivity contribution in [1.82, 2.24) is 9.88 Å². The van der Waals surface area contributed by atoms with E-state index in [2.05, 4.69) is 16.4 Å². The van der Waals surface area contributed by atoms with Crippen molar-refractivity contribution in [2.24, 2.45) is 0 Å². The van der Waals surface area contributed by atoms with Gasteiger partial charge in [0.2, 0.25) is 0 Å². The van der Waals surface area contributed by atoms with Crippen LogP contribution >= 0.6 is 12.2 Å². The summed E-state index contributed by atoms with van der Waals surface area (Å²) in [4.78, 5) is 17.9. The molecule has 2 heterocycles. The van der Waals surface area contributed by atoms with Gasteiger partial charge in [-0.05, 0) is 79.8 Å². The molecule has 0 radical (unpaired) electrons. The molecule has 2 aromatic carbocycles. The third-order valence-corrected chi connectivity index (χ3v) is 5.87. The molecule has 2 aromatic heterocycles. The number of pyridine rings is 1. The molecule has 0 fully saturated rings. The maximum atomic E-state index is 12.9. The normalized spacial score (nSPS) is 10.9. The van der Waals surface area contributed by atoms with Crippen LogP contribution in [0.15, 0.2) is 70.1 Å². The van der Waals surface area contributed by atoms with E-state index in [1.807, 2.05) is 74.2 Å². The fourth-order valence-electron chi connectivity index (χ4n) is 3.52. The molecular weight excluding hydrogens is 406 g/mol. The molecule has 0 bridgehead atoms. The average molecular weight is 432 g/mol. The third kappa shape index (κ3) is 4.70. The standard InChI is InChI=1S/C25H25N3O2S/c1-16-6-10-21(11-7-16)26-25(31)28(15-22-5-4-12-30-22)14-20-13-19-9-8-17(2)18(3)23(19)27-24(20)29/h4-13H,14-15H2,1-3H3,(H,26,31)(H,27,29). The Kier molecular flexibility index (Phi) is 5.91. The van der Waals surface area contributed by atoms with E-state index in [1.165, 1.54) is 5.56 Å². The Labute approximate surface area is 186 Å². The second-order valence-electron chi connectivity index (χ2n) is 7.83. The van der Waals surface area contributed by atoms with E-state index < -0.39 is 0 Å². The molecular formula is C25H25N3O2S. The molecule has 0 atom stereocenters. The van der Waals surface area contributed by atoms with Crippen LogP contribution in [0.4, 0.5) is 5.69 Å². The molecule has 0 amide bonds. The number of hydrogen-bond acceptors (Lipinski definition) is 3. The SMILES string of the molecule is Cc1ccc(NC(=S)N(Cc2ccco2)Cc2cc3ccc(C)c(C)c3[nH]c2=O)cc1. The van der Waals surface area contributed by atoms with Crippen LogP contribution in [0.3, 0.4) is 0 Å². The predicted octanol–water partition coefficient (Wildman–Crippen LogP) is 5.45. The molecule has 0 unspecified atom stereocenters. The van der Waals surface area contributed by atoms with Crippen molar-refractivity contribution in [3.05, 3.63) is 99.2 Å². The van der Waals surface area contributed by atoms with Crippen LogP contribution in [-0.4, -0.2) is 15.0 Å². The number of H-pyrrole nitrogens is 1. The van der Waals surface area contributed by atoms with E-state index in [1.54, 1.807) is 6.26 Å². The van der Waals surface area contributed by atoms with E-state index in [-0.39, 0.29) is 5.56 Å². The van der Waals surface area contributed by atoms with Gasteiger partial charge in [-0.25, -0.2) is 0 Å². The number of aryl methyl sites for hydroxylation is 3. The summed E-state index contributed by atoms with van der Waals surface area (Å²) in [6, 6.07) is 17.8. The Morgan fingerprint density at radius 1 is 1.06 bits per heavy atom. The van der Waals surface area contributed by atoms with Crippen molar-refractivity contribution in [2.45, 2.75) is 33.9 Å². The quantitative estimate of drug-likeness (QED) is 0.412. The van der Waals surface area contributed by atoms with Gasteiger partial charge < -0.3 is 19.6 Å². The maximum absolute atomic E-state index is 12.9. The lowest BCUT2D eigenvalue weighted by Gasteiger charge is -2.25. The minimum atomic E-state index is -0.108. The van der Waals surface area contributed by atoms with Crippen LogP contribution in [0, 0.1) is 20.8 Å². The number of fused-ring (bicyclic) bond motifs is 1. The van der Waals surface area contributed by atoms with Crippen LogP contribution < -0.4 is 10.9 Å². The highest BCUT2D eigenvalue weighted by atomic mass is 32.1. The molecule has 4 aromatic rings. The Morgan fingerprint density at radius 2 is 1.84 bits per heavy atom. The molecule has 4 rings (SSSR count). The van der Waals surface area contributed by atoms with Crippen molar-refractivity contribution < 1.29 is 4.42 Å². The van der Waals surface area contributed by atoms with Gasteiger partial charge in [0, 0.05) is 11.3 Å². The van der Waals surface area contributed by atoms with Crippen molar-refractivity contribution in [2.75, 3.05) is 5.32 Å². The molecule has 0 spiro atoms. The summed E-state index contributed by atoms with van der Waals surface area (Å²) in [6.07, 6.45) is 1.64. The van der Waals surface area contributed by atoms with Gasteiger partial charge in [0.05, 0.1) is 24.9 Å². The van der Waals surface area contributed by atoms with Gasteiger partial charge in [0.1, 0.15) is 5.76 Å². The van der Waals surface area contributed by atoms with Crippen molar-refractivity contribution in [3.8, 4) is 0 Å². The monoisotopic (exact) mass is 431 g/mol. The Balaban J connectivity index is 1.64. The van der Waals surface area contributed by atoms with Crippen LogP contribution in [0.25, 0.3) is 10.9 Å². The first-order valence-corrected chi connectivity index (χ1v) is 10.6. The highest BCUT2D eigenvalue weighted by Crippen LogP contribution is 2.20. The first-order valence-electron chi connectivity index (χ1n) is 10.2. The first-order chi connectivity index (χ1) is 14.9. The average Bonchev–Trinajstić information content (AvgIpc) is 3.26. The van der Waals surface area contributed by atoms with Gasteiger partial charge >= 0.3 is 0 Å². The summed E-state index contributed by atoms with van der Waals surface area (Å²) < 4.78 is 5.53. The first kappa shape index (κ1) is 20.9. The summed E-state index contributed by atoms with van der Waals surface area (Å²) in [5.41, 5.74) is 5.74. The van der Waals surface area contributed by atoms with Crippen molar-refractivity contribution in [1.29, 1.82) is 0 Å². The summed E-state index contributed by atoms with van der Waals surface area (Å²) in [5, 5.41) is 4.81. The number of thiocarbonyl (C=S) groups is 1. The molecule has 0 saturated heterocycles. The van der Waals surface area contributed by atoms with Gasteiger partial charge in [-0.15, -0.1) is 0 Å². The molecule has 158 valence electrons. The Hall–Kier alpha value is -3.38.